The standard InChI is InChI=1S/C16H21N3OS.CH4N2O/c1-11-8-9-12(2)18-16(11)20-10-13-14(19(3)17)6-5-7-15(13)21-4;2-3-1-4/h5-9H,10,17H2,1-4H3;1H,2H2,(H,3,4). The van der Waals surface area contributed by atoms with Crippen LogP contribution in [0.5, 0.6) is 5.88 Å². The third-order valence-corrected chi connectivity index (χ3v) is 4.14. The maximum absolute atomic E-state index is 8.94. The fourth-order valence-corrected chi connectivity index (χ4v) is 2.73. The van der Waals surface area contributed by atoms with E-state index < -0.39 is 0 Å². The number of aromatic nitrogens is 1. The van der Waals surface area contributed by atoms with Gasteiger partial charge in [0, 0.05) is 28.8 Å². The number of hydrazine groups is 2. The lowest BCUT2D eigenvalue weighted by atomic mass is 10.2. The molecule has 0 aliphatic rings. The summed E-state index contributed by atoms with van der Waals surface area (Å²) in [6.45, 7) is 4.41. The molecule has 0 radical (unpaired) electrons. The highest BCUT2D eigenvalue weighted by molar-refractivity contribution is 7.98. The summed E-state index contributed by atoms with van der Waals surface area (Å²) < 4.78 is 5.93. The quantitative estimate of drug-likeness (QED) is 0.237. The summed E-state index contributed by atoms with van der Waals surface area (Å²) in [6, 6.07) is 10.1. The van der Waals surface area contributed by atoms with E-state index in [2.05, 4.69) is 23.1 Å². The van der Waals surface area contributed by atoms with Gasteiger partial charge in [0.25, 0.3) is 0 Å². The van der Waals surface area contributed by atoms with Crippen molar-refractivity contribution < 1.29 is 9.53 Å². The molecule has 2 rings (SSSR count). The number of nitrogens with one attached hydrogen (secondary N) is 1. The number of ether oxygens (including phenoxy) is 1. The molecule has 1 amide bonds. The first kappa shape index (κ1) is 20.8. The van der Waals surface area contributed by atoms with E-state index in [9.17, 15) is 0 Å². The number of carbonyl (C=O) groups is 1. The van der Waals surface area contributed by atoms with Gasteiger partial charge in [0.1, 0.15) is 6.61 Å². The van der Waals surface area contributed by atoms with E-state index in [1.807, 2.05) is 45.2 Å². The van der Waals surface area contributed by atoms with E-state index in [0.717, 1.165) is 27.4 Å². The Morgan fingerprint density at radius 2 is 2.00 bits per heavy atom. The molecule has 0 saturated carbocycles. The molecule has 5 N–H and O–H groups in total. The molecular formula is C17H25N5O2S. The van der Waals surface area contributed by atoms with Crippen LogP contribution >= 0.6 is 11.8 Å². The van der Waals surface area contributed by atoms with Crippen molar-refractivity contribution >= 4 is 23.9 Å². The number of nitrogens with two attached hydrogens (primary N) is 2. The predicted octanol–water partition coefficient (Wildman–Crippen LogP) is 1.92. The van der Waals surface area contributed by atoms with Gasteiger partial charge in [-0.1, -0.05) is 12.1 Å². The third-order valence-electron chi connectivity index (χ3n) is 3.32. The summed E-state index contributed by atoms with van der Waals surface area (Å²) in [6.07, 6.45) is 2.45. The summed E-state index contributed by atoms with van der Waals surface area (Å²) in [7, 11) is 1.83. The molecule has 0 unspecified atom stereocenters. The number of pyridine rings is 1. The van der Waals surface area contributed by atoms with Crippen molar-refractivity contribution in [1.29, 1.82) is 0 Å². The molecule has 0 atom stereocenters. The van der Waals surface area contributed by atoms with Gasteiger partial charge in [-0.2, -0.15) is 0 Å². The van der Waals surface area contributed by atoms with Crippen molar-refractivity contribution in [3.8, 4) is 5.88 Å². The van der Waals surface area contributed by atoms with E-state index in [-0.39, 0.29) is 0 Å². The van der Waals surface area contributed by atoms with E-state index in [1.54, 1.807) is 22.2 Å². The summed E-state index contributed by atoms with van der Waals surface area (Å²) >= 11 is 1.69. The van der Waals surface area contributed by atoms with Crippen molar-refractivity contribution in [1.82, 2.24) is 10.4 Å². The van der Waals surface area contributed by atoms with Crippen molar-refractivity contribution in [2.24, 2.45) is 11.7 Å². The Balaban J connectivity index is 0.000000705. The first-order valence-corrected chi connectivity index (χ1v) is 8.78. The van der Waals surface area contributed by atoms with Crippen LogP contribution in [-0.4, -0.2) is 24.7 Å². The van der Waals surface area contributed by atoms with Crippen LogP contribution in [0.1, 0.15) is 16.8 Å². The number of nitrogens with zero attached hydrogens (tertiary/aromatic N) is 2. The summed E-state index contributed by atoms with van der Waals surface area (Å²) in [5.41, 5.74) is 5.78. The maximum atomic E-state index is 8.94. The molecule has 136 valence electrons. The number of aryl methyl sites for hydroxylation is 2. The molecule has 1 heterocycles. The zero-order chi connectivity index (χ0) is 18.8. The van der Waals surface area contributed by atoms with Gasteiger partial charge < -0.3 is 9.75 Å². The average Bonchev–Trinajstić information content (AvgIpc) is 2.62. The second-order valence-corrected chi connectivity index (χ2v) is 6.06. The summed E-state index contributed by atoms with van der Waals surface area (Å²) in [4.78, 5) is 14.5. The molecule has 0 saturated heterocycles. The Hall–Kier alpha value is -2.29. The molecule has 8 heteroatoms. The first-order valence-electron chi connectivity index (χ1n) is 7.55. The number of carbonyl (C=O) groups excluding carboxylic acids is 1. The normalized spacial score (nSPS) is 9.68. The molecule has 0 aliphatic carbocycles. The monoisotopic (exact) mass is 363 g/mol. The molecule has 0 fully saturated rings. The molecule has 7 nitrogen and oxygen atoms in total. The number of thioether (sulfide) groups is 1. The van der Waals surface area contributed by atoms with Crippen LogP contribution in [0, 0.1) is 13.8 Å². The number of benzene rings is 1. The number of hydrogen-bond acceptors (Lipinski definition) is 7. The van der Waals surface area contributed by atoms with Crippen molar-refractivity contribution in [3.05, 3.63) is 47.2 Å². The van der Waals surface area contributed by atoms with Gasteiger partial charge in [-0.3, -0.25) is 10.2 Å². The minimum absolute atomic E-state index is 0.403. The van der Waals surface area contributed by atoms with Crippen LogP contribution in [0.2, 0.25) is 0 Å². The Bertz CT molecular complexity index is 695. The fraction of sp³-hybridized carbons (Fsp3) is 0.294. The molecule has 1 aromatic carbocycles. The number of rotatable bonds is 6. The Morgan fingerprint density at radius 3 is 2.56 bits per heavy atom. The highest BCUT2D eigenvalue weighted by Crippen LogP contribution is 2.29. The Labute approximate surface area is 152 Å². The lowest BCUT2D eigenvalue weighted by molar-refractivity contribution is -0.109. The predicted molar refractivity (Wildman–Crippen MR) is 102 cm³/mol. The average molecular weight is 363 g/mol. The van der Waals surface area contributed by atoms with Gasteiger partial charge in [-0.05, 0) is 38.3 Å². The van der Waals surface area contributed by atoms with Crippen LogP contribution in [0.3, 0.4) is 0 Å². The van der Waals surface area contributed by atoms with Crippen LogP contribution in [0.15, 0.2) is 35.2 Å². The highest BCUT2D eigenvalue weighted by Gasteiger charge is 2.12. The number of hydrogen-bond donors (Lipinski definition) is 3. The second-order valence-electron chi connectivity index (χ2n) is 5.22. The zero-order valence-corrected chi connectivity index (χ0v) is 15.8. The maximum Gasteiger partial charge on any atom is 0.221 e. The fourth-order valence-electron chi connectivity index (χ4n) is 2.11. The van der Waals surface area contributed by atoms with Crippen molar-refractivity contribution in [3.63, 3.8) is 0 Å². The second kappa shape index (κ2) is 10.5. The van der Waals surface area contributed by atoms with E-state index in [0.29, 0.717) is 18.9 Å². The molecule has 0 spiro atoms. The molecule has 1 aromatic heterocycles. The smallest absolute Gasteiger partial charge is 0.221 e. The van der Waals surface area contributed by atoms with Gasteiger partial charge in [-0.25, -0.2) is 16.7 Å². The lowest BCUT2D eigenvalue weighted by Crippen LogP contribution is -2.26. The van der Waals surface area contributed by atoms with Crippen LogP contribution < -0.4 is 26.9 Å². The molecular weight excluding hydrogens is 338 g/mol. The third kappa shape index (κ3) is 6.26. The van der Waals surface area contributed by atoms with E-state index >= 15 is 0 Å². The first-order chi connectivity index (χ1) is 11.9. The largest absolute Gasteiger partial charge is 0.472 e. The SMILES string of the molecule is CSc1cccc(N(C)N)c1COc1nc(C)ccc1C.NNC=O. The Kier molecular flexibility index (Phi) is 8.76. The van der Waals surface area contributed by atoms with Crippen LogP contribution in [0.25, 0.3) is 0 Å². The van der Waals surface area contributed by atoms with Gasteiger partial charge in [-0.15, -0.1) is 11.8 Å². The number of anilines is 1. The molecule has 2 aromatic rings. The van der Waals surface area contributed by atoms with Gasteiger partial charge in [0.05, 0.1) is 5.69 Å². The van der Waals surface area contributed by atoms with Crippen LogP contribution in [-0.2, 0) is 11.4 Å². The van der Waals surface area contributed by atoms with Crippen molar-refractivity contribution in [2.45, 2.75) is 25.3 Å². The molecule has 25 heavy (non-hydrogen) atoms. The van der Waals surface area contributed by atoms with E-state index in [4.69, 9.17) is 15.4 Å². The molecule has 0 bridgehead atoms. The zero-order valence-electron chi connectivity index (χ0n) is 14.9. The highest BCUT2D eigenvalue weighted by atomic mass is 32.2. The van der Waals surface area contributed by atoms with Gasteiger partial charge >= 0.3 is 0 Å². The van der Waals surface area contributed by atoms with Gasteiger partial charge in [0.2, 0.25) is 12.3 Å². The minimum Gasteiger partial charge on any atom is -0.472 e. The van der Waals surface area contributed by atoms with Crippen LogP contribution in [0.4, 0.5) is 5.69 Å². The van der Waals surface area contributed by atoms with E-state index in [1.165, 1.54) is 0 Å². The number of amides is 1. The Morgan fingerprint density at radius 1 is 1.32 bits per heavy atom. The summed E-state index contributed by atoms with van der Waals surface area (Å²) in [5.74, 6) is 11.0. The van der Waals surface area contributed by atoms with Crippen molar-refractivity contribution in [2.75, 3.05) is 18.3 Å². The molecule has 0 aliphatic heterocycles. The topological polar surface area (TPSA) is 106 Å². The summed E-state index contributed by atoms with van der Waals surface area (Å²) in [5, 5.41) is 1.62. The lowest BCUT2D eigenvalue weighted by Gasteiger charge is -2.20. The van der Waals surface area contributed by atoms with Gasteiger partial charge in [0.15, 0.2) is 0 Å². The minimum atomic E-state index is 0.403.